The minimum Gasteiger partial charge on any atom is -0.340 e. The number of terminal acetylenes is 1. The fourth-order valence-electron chi connectivity index (χ4n) is 3.85. The Hall–Kier alpha value is -3.59. The summed E-state index contributed by atoms with van der Waals surface area (Å²) < 4.78 is 3.27. The van der Waals surface area contributed by atoms with Crippen molar-refractivity contribution in [2.45, 2.75) is 33.2 Å². The van der Waals surface area contributed by atoms with Crippen LogP contribution in [0.15, 0.2) is 41.2 Å². The number of rotatable bonds is 7. The van der Waals surface area contributed by atoms with E-state index in [1.807, 2.05) is 26.0 Å². The molecule has 1 N–H and O–H groups in total. The van der Waals surface area contributed by atoms with Gasteiger partial charge in [0.05, 0.1) is 24.0 Å². The predicted octanol–water partition coefficient (Wildman–Crippen LogP) is 2.71. The van der Waals surface area contributed by atoms with Crippen LogP contribution in [0.2, 0.25) is 0 Å². The highest BCUT2D eigenvalue weighted by Gasteiger charge is 2.24. The summed E-state index contributed by atoms with van der Waals surface area (Å²) in [5.74, 6) is 1.95. The Balaban J connectivity index is 2.19. The number of hydrogen-bond acceptors (Lipinski definition) is 3. The van der Waals surface area contributed by atoms with Crippen LogP contribution in [0.5, 0.6) is 0 Å². The van der Waals surface area contributed by atoms with Crippen LogP contribution in [0.1, 0.15) is 46.0 Å². The highest BCUT2D eigenvalue weighted by atomic mass is 16.2. The van der Waals surface area contributed by atoms with E-state index in [-0.39, 0.29) is 30.3 Å². The SMILES string of the molecule is C#CCNC(=O)c1c(CC)c2c(=O)n(CC(=O)c3ccccc3)c(CC)cc2n1C. The van der Waals surface area contributed by atoms with E-state index < -0.39 is 0 Å². The molecule has 0 aliphatic carbocycles. The summed E-state index contributed by atoms with van der Waals surface area (Å²) in [5, 5.41) is 3.16. The van der Waals surface area contributed by atoms with Crippen LogP contribution in [-0.2, 0) is 26.4 Å². The first-order valence-corrected chi connectivity index (χ1v) is 9.98. The number of fused-ring (bicyclic) bond motifs is 1. The molecule has 0 aliphatic heterocycles. The standard InChI is InChI=1S/C24H25N3O3/c1-5-13-25-23(29)22-18(7-3)21-19(26(22)4)14-17(6-2)27(24(21)30)15-20(28)16-11-9-8-10-12-16/h1,8-12,14H,6-7,13,15H2,2-4H3,(H,25,29). The Kier molecular flexibility index (Phi) is 6.22. The first-order chi connectivity index (χ1) is 14.4. The summed E-state index contributed by atoms with van der Waals surface area (Å²) in [6.07, 6.45) is 6.34. The van der Waals surface area contributed by atoms with E-state index in [2.05, 4.69) is 11.2 Å². The maximum absolute atomic E-state index is 13.5. The van der Waals surface area contributed by atoms with E-state index in [1.165, 1.54) is 4.57 Å². The normalized spacial score (nSPS) is 10.7. The van der Waals surface area contributed by atoms with Crippen molar-refractivity contribution in [2.75, 3.05) is 6.54 Å². The minimum absolute atomic E-state index is 0.0430. The molecule has 0 atom stereocenters. The summed E-state index contributed by atoms with van der Waals surface area (Å²) in [6.45, 7) is 3.91. The predicted molar refractivity (Wildman–Crippen MR) is 118 cm³/mol. The molecule has 0 saturated heterocycles. The van der Waals surface area contributed by atoms with Crippen LogP contribution < -0.4 is 10.9 Å². The van der Waals surface area contributed by atoms with Gasteiger partial charge in [-0.1, -0.05) is 50.1 Å². The quantitative estimate of drug-likeness (QED) is 0.487. The van der Waals surface area contributed by atoms with Crippen LogP contribution in [0.25, 0.3) is 10.9 Å². The van der Waals surface area contributed by atoms with Gasteiger partial charge < -0.3 is 14.5 Å². The van der Waals surface area contributed by atoms with Gasteiger partial charge in [0.25, 0.3) is 11.5 Å². The maximum atomic E-state index is 13.5. The van der Waals surface area contributed by atoms with Crippen molar-refractivity contribution in [1.29, 1.82) is 0 Å². The second kappa shape index (κ2) is 8.83. The molecular weight excluding hydrogens is 378 g/mol. The second-order valence-corrected chi connectivity index (χ2v) is 7.06. The molecule has 154 valence electrons. The number of aromatic nitrogens is 2. The summed E-state index contributed by atoms with van der Waals surface area (Å²) in [6, 6.07) is 10.8. The maximum Gasteiger partial charge on any atom is 0.268 e. The average molecular weight is 403 g/mol. The zero-order valence-electron chi connectivity index (χ0n) is 17.5. The molecule has 3 aromatic rings. The van der Waals surface area contributed by atoms with Gasteiger partial charge in [-0.2, -0.15) is 0 Å². The van der Waals surface area contributed by atoms with Crippen molar-refractivity contribution in [3.63, 3.8) is 0 Å². The van der Waals surface area contributed by atoms with Gasteiger partial charge in [-0.05, 0) is 24.5 Å². The van der Waals surface area contributed by atoms with E-state index in [0.29, 0.717) is 40.6 Å². The van der Waals surface area contributed by atoms with Crippen LogP contribution in [-0.4, -0.2) is 27.4 Å². The Bertz CT molecular complexity index is 1210. The fraction of sp³-hybridized carbons (Fsp3) is 0.292. The highest BCUT2D eigenvalue weighted by Crippen LogP contribution is 2.25. The van der Waals surface area contributed by atoms with Gasteiger partial charge in [0, 0.05) is 18.3 Å². The van der Waals surface area contributed by atoms with Crippen molar-refractivity contribution < 1.29 is 9.59 Å². The van der Waals surface area contributed by atoms with Gasteiger partial charge in [-0.15, -0.1) is 6.42 Å². The molecule has 1 aromatic carbocycles. The lowest BCUT2D eigenvalue weighted by molar-refractivity contribution is 0.0947. The summed E-state index contributed by atoms with van der Waals surface area (Å²) >= 11 is 0. The molecule has 0 fully saturated rings. The Morgan fingerprint density at radius 2 is 1.83 bits per heavy atom. The molecule has 0 bridgehead atoms. The largest absolute Gasteiger partial charge is 0.340 e. The number of pyridine rings is 1. The van der Waals surface area contributed by atoms with Crippen LogP contribution in [0.3, 0.4) is 0 Å². The number of aryl methyl sites for hydroxylation is 3. The van der Waals surface area contributed by atoms with Gasteiger partial charge in [-0.3, -0.25) is 14.4 Å². The number of nitrogens with one attached hydrogen (secondary N) is 1. The molecule has 1 amide bonds. The van der Waals surface area contributed by atoms with E-state index in [4.69, 9.17) is 6.42 Å². The molecule has 30 heavy (non-hydrogen) atoms. The summed E-state index contributed by atoms with van der Waals surface area (Å²) in [7, 11) is 1.77. The molecule has 6 heteroatoms. The Morgan fingerprint density at radius 1 is 1.13 bits per heavy atom. The van der Waals surface area contributed by atoms with Crippen LogP contribution in [0, 0.1) is 12.3 Å². The van der Waals surface area contributed by atoms with E-state index >= 15 is 0 Å². The number of ketones is 1. The molecular formula is C24H25N3O3. The monoisotopic (exact) mass is 403 g/mol. The fourth-order valence-corrected chi connectivity index (χ4v) is 3.85. The molecule has 0 aliphatic rings. The number of amides is 1. The smallest absolute Gasteiger partial charge is 0.268 e. The first-order valence-electron chi connectivity index (χ1n) is 9.98. The third kappa shape index (κ3) is 3.67. The van der Waals surface area contributed by atoms with Crippen molar-refractivity contribution in [2.24, 2.45) is 7.05 Å². The third-order valence-electron chi connectivity index (χ3n) is 5.33. The number of carbonyl (C=O) groups excluding carboxylic acids is 2. The second-order valence-electron chi connectivity index (χ2n) is 7.06. The van der Waals surface area contributed by atoms with Gasteiger partial charge >= 0.3 is 0 Å². The van der Waals surface area contributed by atoms with Gasteiger partial charge in [0.1, 0.15) is 5.69 Å². The number of carbonyl (C=O) groups is 2. The number of benzene rings is 1. The van der Waals surface area contributed by atoms with E-state index in [0.717, 1.165) is 5.69 Å². The first kappa shape index (κ1) is 21.1. The average Bonchev–Trinajstić information content (AvgIpc) is 3.06. The Morgan fingerprint density at radius 3 is 2.43 bits per heavy atom. The van der Waals surface area contributed by atoms with Crippen molar-refractivity contribution >= 4 is 22.6 Å². The van der Waals surface area contributed by atoms with Gasteiger partial charge in [0.2, 0.25) is 0 Å². The van der Waals surface area contributed by atoms with Crippen LogP contribution >= 0.6 is 0 Å². The van der Waals surface area contributed by atoms with Crippen LogP contribution in [0.4, 0.5) is 0 Å². The molecule has 0 unspecified atom stereocenters. The number of Topliss-reactive ketones (excluding diaryl/α,β-unsaturated/α-hetero) is 1. The van der Waals surface area contributed by atoms with E-state index in [9.17, 15) is 14.4 Å². The van der Waals surface area contributed by atoms with Crippen molar-refractivity contribution in [1.82, 2.24) is 14.5 Å². The molecule has 3 rings (SSSR count). The topological polar surface area (TPSA) is 73.1 Å². The lowest BCUT2D eigenvalue weighted by Crippen LogP contribution is -2.28. The zero-order chi connectivity index (χ0) is 21.8. The molecule has 0 spiro atoms. The lowest BCUT2D eigenvalue weighted by atomic mass is 10.1. The third-order valence-corrected chi connectivity index (χ3v) is 5.33. The molecule has 0 saturated carbocycles. The van der Waals surface area contributed by atoms with E-state index in [1.54, 1.807) is 35.9 Å². The minimum atomic E-state index is -0.312. The highest BCUT2D eigenvalue weighted by molar-refractivity contribution is 6.02. The zero-order valence-corrected chi connectivity index (χ0v) is 17.5. The van der Waals surface area contributed by atoms with Gasteiger partial charge in [0.15, 0.2) is 5.78 Å². The summed E-state index contributed by atoms with van der Waals surface area (Å²) in [4.78, 5) is 39.0. The van der Waals surface area contributed by atoms with Crippen molar-refractivity contribution in [3.8, 4) is 12.3 Å². The molecule has 0 radical (unpaired) electrons. The molecule has 6 nitrogen and oxygen atoms in total. The molecule has 2 aromatic heterocycles. The number of nitrogens with zero attached hydrogens (tertiary/aromatic N) is 2. The van der Waals surface area contributed by atoms with Crippen molar-refractivity contribution in [3.05, 3.63) is 69.3 Å². The lowest BCUT2D eigenvalue weighted by Gasteiger charge is -2.12. The molecule has 2 heterocycles. The van der Waals surface area contributed by atoms with Gasteiger partial charge in [-0.25, -0.2) is 0 Å². The summed E-state index contributed by atoms with van der Waals surface area (Å²) in [5.41, 5.74) is 2.82. The Labute approximate surface area is 175 Å². The number of hydrogen-bond donors (Lipinski definition) is 1.